The third kappa shape index (κ3) is 4.10. The summed E-state index contributed by atoms with van der Waals surface area (Å²) in [6.07, 6.45) is 1.70. The summed E-state index contributed by atoms with van der Waals surface area (Å²) < 4.78 is 15.3. The van der Waals surface area contributed by atoms with Gasteiger partial charge in [-0.15, -0.1) is 5.10 Å². The minimum atomic E-state index is -0.580. The summed E-state index contributed by atoms with van der Waals surface area (Å²) in [5.74, 6) is -0.580. The highest BCUT2D eigenvalue weighted by atomic mass is 35.5. The van der Waals surface area contributed by atoms with Crippen LogP contribution in [0.4, 0.5) is 4.39 Å². The SMILES string of the molecule is O=c1[nH]c2cc(F)c(Cl)cc2cc1-c1cn(-c2ccc(CN3CCNCC3)cc2)nn1. The molecule has 0 unspecified atom stereocenters. The van der Waals surface area contributed by atoms with Gasteiger partial charge in [0.1, 0.15) is 11.5 Å². The zero-order valence-electron chi connectivity index (χ0n) is 16.6. The third-order valence-electron chi connectivity index (χ3n) is 5.47. The lowest BCUT2D eigenvalue weighted by Gasteiger charge is -2.27. The molecule has 5 rings (SSSR count). The third-order valence-corrected chi connectivity index (χ3v) is 5.76. The maximum absolute atomic E-state index is 13.7. The van der Waals surface area contributed by atoms with Crippen molar-refractivity contribution in [2.45, 2.75) is 6.54 Å². The Bertz CT molecular complexity index is 1290. The van der Waals surface area contributed by atoms with Crippen molar-refractivity contribution in [3.05, 3.63) is 75.4 Å². The standard InChI is InChI=1S/C22H20ClFN6O/c23-18-10-15-9-17(22(31)26-20(15)11-19(18)24)21-13-30(28-27-21)16-3-1-14(2-4-16)12-29-7-5-25-6-8-29/h1-4,9-11,13,25H,5-8,12H2,(H,26,31). The second-order valence-electron chi connectivity index (χ2n) is 7.61. The molecule has 2 aromatic heterocycles. The molecule has 158 valence electrons. The van der Waals surface area contributed by atoms with E-state index in [4.69, 9.17) is 11.6 Å². The molecule has 0 atom stereocenters. The molecule has 1 fully saturated rings. The number of hydrogen-bond acceptors (Lipinski definition) is 5. The number of benzene rings is 2. The van der Waals surface area contributed by atoms with E-state index in [1.165, 1.54) is 17.7 Å². The minimum Gasteiger partial charge on any atom is -0.321 e. The Balaban J connectivity index is 1.40. The highest BCUT2D eigenvalue weighted by Crippen LogP contribution is 2.24. The largest absolute Gasteiger partial charge is 0.321 e. The van der Waals surface area contributed by atoms with Crippen LogP contribution < -0.4 is 10.9 Å². The van der Waals surface area contributed by atoms with Gasteiger partial charge in [0, 0.05) is 38.1 Å². The molecule has 1 aliphatic rings. The van der Waals surface area contributed by atoms with Gasteiger partial charge in [-0.25, -0.2) is 9.07 Å². The highest BCUT2D eigenvalue weighted by Gasteiger charge is 2.13. The van der Waals surface area contributed by atoms with E-state index in [1.807, 2.05) is 12.1 Å². The van der Waals surface area contributed by atoms with E-state index in [-0.39, 0.29) is 10.6 Å². The van der Waals surface area contributed by atoms with Crippen LogP contribution in [0.1, 0.15) is 5.56 Å². The van der Waals surface area contributed by atoms with Crippen LogP contribution in [0.25, 0.3) is 27.8 Å². The van der Waals surface area contributed by atoms with Crippen LogP contribution in [0.5, 0.6) is 0 Å². The van der Waals surface area contributed by atoms with E-state index in [9.17, 15) is 9.18 Å². The van der Waals surface area contributed by atoms with Crippen LogP contribution in [0, 0.1) is 5.82 Å². The summed E-state index contributed by atoms with van der Waals surface area (Å²) in [6, 6.07) is 12.5. The quantitative estimate of drug-likeness (QED) is 0.512. The molecule has 0 aliphatic carbocycles. The molecule has 7 nitrogen and oxygen atoms in total. The summed E-state index contributed by atoms with van der Waals surface area (Å²) in [5.41, 5.74) is 2.87. The zero-order chi connectivity index (χ0) is 21.4. The topological polar surface area (TPSA) is 78.8 Å². The van der Waals surface area contributed by atoms with E-state index < -0.39 is 5.82 Å². The molecular weight excluding hydrogens is 419 g/mol. The minimum absolute atomic E-state index is 0.00457. The number of rotatable bonds is 4. The Kier molecular flexibility index (Phi) is 5.27. The van der Waals surface area contributed by atoms with Gasteiger partial charge in [0.15, 0.2) is 0 Å². The van der Waals surface area contributed by atoms with Crippen LogP contribution in [-0.2, 0) is 6.54 Å². The lowest BCUT2D eigenvalue weighted by molar-refractivity contribution is 0.233. The maximum atomic E-state index is 13.7. The van der Waals surface area contributed by atoms with Crippen molar-refractivity contribution in [1.82, 2.24) is 30.2 Å². The first kappa shape index (κ1) is 19.9. The first-order chi connectivity index (χ1) is 15.1. The summed E-state index contributed by atoms with van der Waals surface area (Å²) in [5, 5.41) is 12.3. The summed E-state index contributed by atoms with van der Waals surface area (Å²) in [6.45, 7) is 5.06. The van der Waals surface area contributed by atoms with E-state index >= 15 is 0 Å². The first-order valence-corrected chi connectivity index (χ1v) is 10.4. The highest BCUT2D eigenvalue weighted by molar-refractivity contribution is 6.31. The Morgan fingerprint density at radius 3 is 2.65 bits per heavy atom. The average molecular weight is 439 g/mol. The number of pyridine rings is 1. The Labute approximate surface area is 182 Å². The normalized spacial score (nSPS) is 14.9. The van der Waals surface area contributed by atoms with Crippen LogP contribution in [0.3, 0.4) is 0 Å². The molecule has 4 aromatic rings. The van der Waals surface area contributed by atoms with E-state index in [0.717, 1.165) is 38.4 Å². The lowest BCUT2D eigenvalue weighted by atomic mass is 10.1. The van der Waals surface area contributed by atoms with E-state index in [1.54, 1.807) is 16.9 Å². The van der Waals surface area contributed by atoms with E-state index in [2.05, 4.69) is 37.6 Å². The lowest BCUT2D eigenvalue weighted by Crippen LogP contribution is -2.42. The smallest absolute Gasteiger partial charge is 0.258 e. The number of piperazine rings is 1. The Morgan fingerprint density at radius 1 is 1.10 bits per heavy atom. The molecule has 0 radical (unpaired) electrons. The van der Waals surface area contributed by atoms with Gasteiger partial charge >= 0.3 is 0 Å². The van der Waals surface area contributed by atoms with Crippen LogP contribution in [0.2, 0.25) is 5.02 Å². The summed E-state index contributed by atoms with van der Waals surface area (Å²) >= 11 is 5.88. The molecule has 9 heteroatoms. The molecule has 2 aromatic carbocycles. The summed E-state index contributed by atoms with van der Waals surface area (Å²) in [7, 11) is 0. The molecule has 0 amide bonds. The fourth-order valence-electron chi connectivity index (χ4n) is 3.79. The number of nitrogens with one attached hydrogen (secondary N) is 2. The Morgan fingerprint density at radius 2 is 1.87 bits per heavy atom. The molecule has 0 spiro atoms. The van der Waals surface area contributed by atoms with Gasteiger partial charge in [-0.1, -0.05) is 28.9 Å². The summed E-state index contributed by atoms with van der Waals surface area (Å²) in [4.78, 5) is 17.6. The number of nitrogens with zero attached hydrogens (tertiary/aromatic N) is 4. The van der Waals surface area contributed by atoms with Gasteiger partial charge in [0.05, 0.1) is 28.0 Å². The fraction of sp³-hybridized carbons (Fsp3) is 0.227. The van der Waals surface area contributed by atoms with Gasteiger partial charge < -0.3 is 10.3 Å². The number of hydrogen-bond donors (Lipinski definition) is 2. The fourth-order valence-corrected chi connectivity index (χ4v) is 3.96. The monoisotopic (exact) mass is 438 g/mol. The van der Waals surface area contributed by atoms with Crippen molar-refractivity contribution in [3.63, 3.8) is 0 Å². The van der Waals surface area contributed by atoms with Gasteiger partial charge in [-0.05, 0) is 35.9 Å². The molecule has 1 saturated heterocycles. The number of halogens is 2. The van der Waals surface area contributed by atoms with E-state index in [0.29, 0.717) is 22.2 Å². The van der Waals surface area contributed by atoms with Gasteiger partial charge in [-0.2, -0.15) is 0 Å². The van der Waals surface area contributed by atoms with Crippen molar-refractivity contribution in [2.75, 3.05) is 26.2 Å². The number of fused-ring (bicyclic) bond motifs is 1. The van der Waals surface area contributed by atoms with Crippen LogP contribution in [0.15, 0.2) is 53.5 Å². The van der Waals surface area contributed by atoms with Crippen LogP contribution >= 0.6 is 11.6 Å². The molecule has 2 N–H and O–H groups in total. The van der Waals surface area contributed by atoms with Crippen LogP contribution in [-0.4, -0.2) is 51.1 Å². The van der Waals surface area contributed by atoms with Crippen molar-refractivity contribution in [1.29, 1.82) is 0 Å². The van der Waals surface area contributed by atoms with Crippen molar-refractivity contribution >= 4 is 22.5 Å². The predicted molar refractivity (Wildman–Crippen MR) is 118 cm³/mol. The molecule has 0 bridgehead atoms. The van der Waals surface area contributed by atoms with Gasteiger partial charge in [0.25, 0.3) is 5.56 Å². The molecule has 0 saturated carbocycles. The molecule has 3 heterocycles. The first-order valence-electron chi connectivity index (χ1n) is 10.0. The maximum Gasteiger partial charge on any atom is 0.258 e. The number of aromatic nitrogens is 4. The second-order valence-corrected chi connectivity index (χ2v) is 8.01. The van der Waals surface area contributed by atoms with Crippen molar-refractivity contribution in [3.8, 4) is 16.9 Å². The van der Waals surface area contributed by atoms with Gasteiger partial charge in [0.2, 0.25) is 0 Å². The predicted octanol–water partition coefficient (Wildman–Crippen LogP) is 2.97. The molecule has 1 aliphatic heterocycles. The average Bonchev–Trinajstić information content (AvgIpc) is 3.26. The van der Waals surface area contributed by atoms with Crippen molar-refractivity contribution < 1.29 is 4.39 Å². The number of H-pyrrole nitrogens is 1. The zero-order valence-corrected chi connectivity index (χ0v) is 17.4. The molecular formula is C22H20ClFN6O. The Hall–Kier alpha value is -3.07. The van der Waals surface area contributed by atoms with Gasteiger partial charge in [-0.3, -0.25) is 9.69 Å². The van der Waals surface area contributed by atoms with Crippen molar-refractivity contribution in [2.24, 2.45) is 0 Å². The second kappa shape index (κ2) is 8.22. The number of aromatic amines is 1. The molecule has 31 heavy (non-hydrogen) atoms.